The molecule has 11 heteroatoms. The van der Waals surface area contributed by atoms with Gasteiger partial charge in [0.1, 0.15) is 6.04 Å². The maximum Gasteiger partial charge on any atom is 0.471 e. The van der Waals surface area contributed by atoms with E-state index < -0.39 is 32.8 Å². The fourth-order valence-electron chi connectivity index (χ4n) is 4.04. The molecule has 0 saturated carbocycles. The number of phosphoric ester groups is 1. The number of phosphoric acid groups is 1. The largest absolute Gasteiger partial charge is 0.471 e. The summed E-state index contributed by atoms with van der Waals surface area (Å²) >= 11 is 0. The number of allylic oxidation sites excluding steroid dienone is 2. The number of nitrogens with zero attached hydrogens (tertiary/aromatic N) is 2. The summed E-state index contributed by atoms with van der Waals surface area (Å²) in [5.41, 5.74) is 0. The fourth-order valence-corrected chi connectivity index (χ4v) is 4.24. The summed E-state index contributed by atoms with van der Waals surface area (Å²) < 4.78 is 21.3. The molecule has 2 amide bonds. The van der Waals surface area contributed by atoms with Crippen LogP contribution in [0.1, 0.15) is 47.0 Å². The van der Waals surface area contributed by atoms with E-state index in [9.17, 15) is 14.2 Å². The van der Waals surface area contributed by atoms with Gasteiger partial charge >= 0.3 is 7.82 Å². The van der Waals surface area contributed by atoms with Gasteiger partial charge in [-0.25, -0.2) is 4.57 Å². The fraction of sp³-hybridized carbons (Fsp3) is 0.810. The summed E-state index contributed by atoms with van der Waals surface area (Å²) in [7, 11) is -1.26. The molecule has 0 radical (unpaired) electrons. The van der Waals surface area contributed by atoms with E-state index in [2.05, 4.69) is 9.84 Å². The molecule has 1 heterocycles. The molecule has 186 valence electrons. The second kappa shape index (κ2) is 13.4. The number of hydrogen-bond acceptors (Lipinski definition) is 6. The molecule has 0 aromatic heterocycles. The highest BCUT2D eigenvalue weighted by atomic mass is 31.2. The average molecular weight is 478 g/mol. The van der Waals surface area contributed by atoms with Crippen molar-refractivity contribution >= 4 is 19.6 Å². The molecule has 0 spiro atoms. The van der Waals surface area contributed by atoms with Crippen LogP contribution in [-0.2, 0) is 23.4 Å². The van der Waals surface area contributed by atoms with Crippen molar-refractivity contribution in [2.75, 3.05) is 34.0 Å². The van der Waals surface area contributed by atoms with Crippen LogP contribution in [0.5, 0.6) is 0 Å². The van der Waals surface area contributed by atoms with Crippen LogP contribution in [0, 0.1) is 11.8 Å². The summed E-state index contributed by atoms with van der Waals surface area (Å²) in [5.74, 6) is -0.774. The molecule has 0 aromatic carbocycles. The molecule has 4 unspecified atom stereocenters. The van der Waals surface area contributed by atoms with Crippen molar-refractivity contribution < 1.29 is 33.2 Å². The van der Waals surface area contributed by atoms with Gasteiger partial charge in [-0.05, 0) is 51.6 Å². The number of likely N-dealkylation sites (N-methyl/N-ethyl adjacent to an activating group) is 2. The lowest BCUT2D eigenvalue weighted by Crippen LogP contribution is -2.60. The van der Waals surface area contributed by atoms with E-state index in [4.69, 9.17) is 14.5 Å². The molecule has 4 atom stereocenters. The van der Waals surface area contributed by atoms with Gasteiger partial charge in [0.05, 0.1) is 12.1 Å². The molecule has 32 heavy (non-hydrogen) atoms. The Bertz CT molecular complexity index is 682. The van der Waals surface area contributed by atoms with Crippen molar-refractivity contribution in [3.8, 4) is 0 Å². The third-order valence-electron chi connectivity index (χ3n) is 5.73. The van der Waals surface area contributed by atoms with Crippen LogP contribution < -0.4 is 5.32 Å². The zero-order valence-electron chi connectivity index (χ0n) is 20.1. The Morgan fingerprint density at radius 2 is 1.84 bits per heavy atom. The molecule has 3 N–H and O–H groups in total. The van der Waals surface area contributed by atoms with E-state index in [-0.39, 0.29) is 23.7 Å². The van der Waals surface area contributed by atoms with E-state index in [1.54, 1.807) is 7.05 Å². The Kier molecular flexibility index (Phi) is 12.1. The van der Waals surface area contributed by atoms with Crippen molar-refractivity contribution in [3.63, 3.8) is 0 Å². The summed E-state index contributed by atoms with van der Waals surface area (Å²) in [6.45, 7) is 8.18. The first-order valence-electron chi connectivity index (χ1n) is 11.1. The zero-order valence-corrected chi connectivity index (χ0v) is 21.0. The maximum atomic E-state index is 13.5. The Hall–Kier alpha value is -1.29. The first-order chi connectivity index (χ1) is 14.9. The van der Waals surface area contributed by atoms with E-state index in [1.807, 2.05) is 51.8 Å². The highest BCUT2D eigenvalue weighted by Gasteiger charge is 2.41. The lowest BCUT2D eigenvalue weighted by molar-refractivity contribution is -0.156. The van der Waals surface area contributed by atoms with E-state index in [0.717, 1.165) is 19.4 Å². The van der Waals surface area contributed by atoms with Gasteiger partial charge in [-0.2, -0.15) is 0 Å². The smallest absolute Gasteiger partial charge is 0.354 e. The van der Waals surface area contributed by atoms with Crippen molar-refractivity contribution in [2.45, 2.75) is 65.1 Å². The quantitative estimate of drug-likeness (QED) is 0.260. The monoisotopic (exact) mass is 477 g/mol. The average Bonchev–Trinajstić information content (AvgIpc) is 2.70. The van der Waals surface area contributed by atoms with Gasteiger partial charge in [-0.1, -0.05) is 32.9 Å². The van der Waals surface area contributed by atoms with Gasteiger partial charge in [0.25, 0.3) is 0 Å². The molecule has 1 fully saturated rings. The molecule has 1 aliphatic heterocycles. The van der Waals surface area contributed by atoms with Crippen LogP contribution in [0.15, 0.2) is 12.2 Å². The second-order valence-electron chi connectivity index (χ2n) is 8.71. The SMILES string of the molecule is C/C=C/CC(C)C(OCOP(=O)(O)O)C1C(=O)NCCCCN(C)C(C(C)C)C(=O)N1C. The summed E-state index contributed by atoms with van der Waals surface area (Å²) in [6, 6.07) is -1.40. The van der Waals surface area contributed by atoms with Crippen LogP contribution in [0.2, 0.25) is 0 Å². The van der Waals surface area contributed by atoms with Crippen molar-refractivity contribution in [2.24, 2.45) is 11.8 Å². The number of carbonyl (C=O) groups excluding carboxylic acids is 2. The van der Waals surface area contributed by atoms with E-state index in [0.29, 0.717) is 13.0 Å². The normalized spacial score (nSPS) is 24.5. The number of carbonyl (C=O) groups is 2. The minimum absolute atomic E-state index is 0.0252. The van der Waals surface area contributed by atoms with Crippen molar-refractivity contribution in [3.05, 3.63) is 12.2 Å². The lowest BCUT2D eigenvalue weighted by Gasteiger charge is -2.39. The number of amides is 2. The number of ether oxygens (including phenoxy) is 1. The summed E-state index contributed by atoms with van der Waals surface area (Å²) in [5, 5.41) is 2.89. The van der Waals surface area contributed by atoms with Crippen LogP contribution in [0.3, 0.4) is 0 Å². The van der Waals surface area contributed by atoms with Gasteiger partial charge in [-0.3, -0.25) is 19.0 Å². The molecule has 0 aliphatic carbocycles. The van der Waals surface area contributed by atoms with Gasteiger partial charge in [0.15, 0.2) is 6.79 Å². The van der Waals surface area contributed by atoms with Gasteiger partial charge in [-0.15, -0.1) is 0 Å². The number of hydrogen-bond donors (Lipinski definition) is 3. The molecular formula is C21H40N3O7P. The molecule has 1 rings (SSSR count). The maximum absolute atomic E-state index is 13.5. The van der Waals surface area contributed by atoms with Crippen LogP contribution in [-0.4, -0.2) is 83.6 Å². The highest BCUT2D eigenvalue weighted by Crippen LogP contribution is 2.36. The Morgan fingerprint density at radius 3 is 2.41 bits per heavy atom. The highest BCUT2D eigenvalue weighted by molar-refractivity contribution is 7.46. The molecule has 0 bridgehead atoms. The van der Waals surface area contributed by atoms with Crippen molar-refractivity contribution in [1.29, 1.82) is 0 Å². The predicted molar refractivity (Wildman–Crippen MR) is 122 cm³/mol. The second-order valence-corrected chi connectivity index (χ2v) is 9.95. The summed E-state index contributed by atoms with van der Waals surface area (Å²) in [4.78, 5) is 48.2. The minimum Gasteiger partial charge on any atom is -0.354 e. The number of rotatable bonds is 9. The molecule has 1 saturated heterocycles. The first kappa shape index (κ1) is 28.7. The number of nitrogens with one attached hydrogen (secondary N) is 1. The minimum atomic E-state index is -4.75. The van der Waals surface area contributed by atoms with Gasteiger partial charge in [0, 0.05) is 13.6 Å². The first-order valence-corrected chi connectivity index (χ1v) is 12.6. The predicted octanol–water partition coefficient (Wildman–Crippen LogP) is 1.73. The molecule has 1 aliphatic rings. The third-order valence-corrected chi connectivity index (χ3v) is 6.17. The van der Waals surface area contributed by atoms with Crippen LogP contribution in [0.4, 0.5) is 0 Å². The lowest BCUT2D eigenvalue weighted by atomic mass is 9.91. The standard InChI is InChI=1S/C21H40N3O7P/c1-7-8-11-16(4)19(30-14-31-32(27,28)29)18-20(25)22-12-9-10-13-23(5)17(15(2)3)21(26)24(18)6/h7-8,15-19H,9-14H2,1-6H3,(H,22,25)(H2,27,28,29)/b8-7+. The summed E-state index contributed by atoms with van der Waals surface area (Å²) in [6.07, 6.45) is 5.11. The Labute approximate surface area is 191 Å². The van der Waals surface area contributed by atoms with Gasteiger partial charge < -0.3 is 24.7 Å². The third kappa shape index (κ3) is 8.92. The topological polar surface area (TPSA) is 129 Å². The van der Waals surface area contributed by atoms with Gasteiger partial charge in [0.2, 0.25) is 11.8 Å². The molecular weight excluding hydrogens is 437 g/mol. The van der Waals surface area contributed by atoms with E-state index in [1.165, 1.54) is 4.90 Å². The van der Waals surface area contributed by atoms with Crippen LogP contribution in [0.25, 0.3) is 0 Å². The Balaban J connectivity index is 3.34. The zero-order chi connectivity index (χ0) is 24.5. The van der Waals surface area contributed by atoms with Crippen LogP contribution >= 0.6 is 7.82 Å². The molecule has 10 nitrogen and oxygen atoms in total. The molecule has 0 aromatic rings. The van der Waals surface area contributed by atoms with Crippen molar-refractivity contribution in [1.82, 2.24) is 15.1 Å². The van der Waals surface area contributed by atoms with E-state index >= 15 is 0 Å². The Morgan fingerprint density at radius 1 is 1.19 bits per heavy atom.